The summed E-state index contributed by atoms with van der Waals surface area (Å²) in [5.74, 6) is 0.257. The van der Waals surface area contributed by atoms with Gasteiger partial charge in [-0.25, -0.2) is 0 Å². The highest BCUT2D eigenvalue weighted by atomic mass is 16.2. The highest BCUT2D eigenvalue weighted by Crippen LogP contribution is 2.18. The van der Waals surface area contributed by atoms with Crippen LogP contribution >= 0.6 is 0 Å². The number of ketones is 1. The molecule has 1 amide bonds. The monoisotopic (exact) mass is 424 g/mol. The van der Waals surface area contributed by atoms with E-state index in [2.05, 4.69) is 57.8 Å². The van der Waals surface area contributed by atoms with Crippen molar-refractivity contribution in [2.24, 2.45) is 0 Å². The Kier molecular flexibility index (Phi) is 8.04. The van der Waals surface area contributed by atoms with Crippen LogP contribution in [0.3, 0.4) is 0 Å². The highest BCUT2D eigenvalue weighted by Gasteiger charge is 2.23. The van der Waals surface area contributed by atoms with E-state index in [4.69, 9.17) is 0 Å². The third kappa shape index (κ3) is 6.52. The van der Waals surface area contributed by atoms with Crippen molar-refractivity contribution >= 4 is 11.7 Å². The number of nitrogens with zero attached hydrogens (tertiary/aromatic N) is 3. The van der Waals surface area contributed by atoms with Gasteiger partial charge in [-0.2, -0.15) is 0 Å². The highest BCUT2D eigenvalue weighted by molar-refractivity contribution is 5.99. The van der Waals surface area contributed by atoms with E-state index < -0.39 is 0 Å². The van der Waals surface area contributed by atoms with Gasteiger partial charge in [-0.05, 0) is 45.7 Å². The Hall–Kier alpha value is -2.44. The van der Waals surface area contributed by atoms with Crippen molar-refractivity contribution in [2.75, 3.05) is 39.3 Å². The van der Waals surface area contributed by atoms with E-state index >= 15 is 0 Å². The smallest absolute Gasteiger partial charge is 0.234 e. The zero-order valence-electron chi connectivity index (χ0n) is 19.4. The molecule has 3 rings (SSSR count). The first-order valence-corrected chi connectivity index (χ1v) is 11.3. The van der Waals surface area contributed by atoms with Gasteiger partial charge in [-0.1, -0.05) is 30.3 Å². The van der Waals surface area contributed by atoms with E-state index in [1.807, 2.05) is 26.0 Å². The average molecular weight is 425 g/mol. The molecule has 0 unspecified atom stereocenters. The van der Waals surface area contributed by atoms with Gasteiger partial charge in [0, 0.05) is 55.7 Å². The van der Waals surface area contributed by atoms with Gasteiger partial charge >= 0.3 is 0 Å². The lowest BCUT2D eigenvalue weighted by Crippen LogP contribution is -2.51. The molecule has 1 fully saturated rings. The van der Waals surface area contributed by atoms with Gasteiger partial charge in [-0.15, -0.1) is 0 Å². The minimum Gasteiger partial charge on any atom is -0.353 e. The molecule has 1 aliphatic heterocycles. The molecule has 0 atom stereocenters. The maximum absolute atomic E-state index is 13.0. The van der Waals surface area contributed by atoms with Crippen molar-refractivity contribution in [3.8, 4) is 0 Å². The SMILES string of the molecule is Cc1cc(C(=O)CN2CCN(CC(=O)NC(C)C)CC2)c(C)n1CCc1ccccc1. The van der Waals surface area contributed by atoms with Crippen LogP contribution in [0.2, 0.25) is 0 Å². The maximum atomic E-state index is 13.0. The molecule has 0 spiro atoms. The number of hydrogen-bond acceptors (Lipinski definition) is 4. The van der Waals surface area contributed by atoms with Crippen molar-refractivity contribution in [3.63, 3.8) is 0 Å². The lowest BCUT2D eigenvalue weighted by molar-refractivity contribution is -0.123. The average Bonchev–Trinajstić information content (AvgIpc) is 3.01. The molecule has 2 heterocycles. The summed E-state index contributed by atoms with van der Waals surface area (Å²) in [5.41, 5.74) is 4.34. The largest absolute Gasteiger partial charge is 0.353 e. The van der Waals surface area contributed by atoms with Crippen molar-refractivity contribution < 1.29 is 9.59 Å². The summed E-state index contributed by atoms with van der Waals surface area (Å²) < 4.78 is 2.26. The molecular weight excluding hydrogens is 388 g/mol. The fourth-order valence-corrected chi connectivity index (χ4v) is 4.28. The van der Waals surface area contributed by atoms with Crippen molar-refractivity contribution in [2.45, 2.75) is 46.7 Å². The number of rotatable bonds is 9. The van der Waals surface area contributed by atoms with E-state index in [0.717, 1.165) is 56.1 Å². The lowest BCUT2D eigenvalue weighted by atomic mass is 10.1. The topological polar surface area (TPSA) is 57.6 Å². The molecule has 6 nitrogen and oxygen atoms in total. The van der Waals surface area contributed by atoms with E-state index in [9.17, 15) is 9.59 Å². The molecule has 1 aromatic carbocycles. The van der Waals surface area contributed by atoms with Crippen LogP contribution in [0.15, 0.2) is 36.4 Å². The molecule has 2 aromatic rings. The number of nitrogens with one attached hydrogen (secondary N) is 1. The normalized spacial score (nSPS) is 15.4. The molecule has 6 heteroatoms. The molecule has 31 heavy (non-hydrogen) atoms. The zero-order chi connectivity index (χ0) is 22.4. The summed E-state index contributed by atoms with van der Waals surface area (Å²) in [7, 11) is 0. The second-order valence-electron chi connectivity index (χ2n) is 8.87. The standard InChI is InChI=1S/C25H36N4O2/c1-19(2)26-25(31)18-28-14-12-27(13-15-28)17-24(30)23-16-20(3)29(21(23)4)11-10-22-8-6-5-7-9-22/h5-9,16,19H,10-15,17-18H2,1-4H3,(H,26,31). The first-order chi connectivity index (χ1) is 14.8. The van der Waals surface area contributed by atoms with Gasteiger partial charge in [0.2, 0.25) is 5.91 Å². The van der Waals surface area contributed by atoms with Crippen LogP contribution < -0.4 is 5.32 Å². The molecule has 0 bridgehead atoms. The van der Waals surface area contributed by atoms with Crippen LogP contribution in [0.4, 0.5) is 0 Å². The number of Topliss-reactive ketones (excluding diaryl/α,β-unsaturated/α-hetero) is 1. The minimum atomic E-state index is 0.0717. The van der Waals surface area contributed by atoms with Crippen LogP contribution in [0.25, 0.3) is 0 Å². The van der Waals surface area contributed by atoms with Crippen molar-refractivity contribution in [1.82, 2.24) is 19.7 Å². The minimum absolute atomic E-state index is 0.0717. The third-order valence-electron chi connectivity index (χ3n) is 5.99. The van der Waals surface area contributed by atoms with Gasteiger partial charge < -0.3 is 9.88 Å². The van der Waals surface area contributed by atoms with Crippen LogP contribution in [-0.4, -0.2) is 71.4 Å². The zero-order valence-corrected chi connectivity index (χ0v) is 19.4. The maximum Gasteiger partial charge on any atom is 0.234 e. The van der Waals surface area contributed by atoms with Crippen molar-refractivity contribution in [1.29, 1.82) is 0 Å². The van der Waals surface area contributed by atoms with Crippen LogP contribution in [-0.2, 0) is 17.8 Å². The number of amides is 1. The molecule has 0 saturated carbocycles. The molecular formula is C25H36N4O2. The fourth-order valence-electron chi connectivity index (χ4n) is 4.28. The summed E-state index contributed by atoms with van der Waals surface area (Å²) in [6.07, 6.45) is 0.956. The summed E-state index contributed by atoms with van der Waals surface area (Å²) in [6, 6.07) is 12.7. The number of aryl methyl sites for hydroxylation is 2. The Balaban J connectivity index is 1.51. The van der Waals surface area contributed by atoms with Gasteiger partial charge in [-0.3, -0.25) is 19.4 Å². The van der Waals surface area contributed by atoms with Gasteiger partial charge in [0.05, 0.1) is 13.1 Å². The Morgan fingerprint density at radius 3 is 2.19 bits per heavy atom. The number of piperazine rings is 1. The molecule has 1 aliphatic rings. The van der Waals surface area contributed by atoms with Gasteiger partial charge in [0.25, 0.3) is 0 Å². The predicted octanol–water partition coefficient (Wildman–Crippen LogP) is 2.67. The summed E-state index contributed by atoms with van der Waals surface area (Å²) in [4.78, 5) is 29.3. The van der Waals surface area contributed by atoms with E-state index in [-0.39, 0.29) is 17.7 Å². The molecule has 0 aliphatic carbocycles. The first-order valence-electron chi connectivity index (χ1n) is 11.3. The molecule has 0 radical (unpaired) electrons. The van der Waals surface area contributed by atoms with E-state index in [1.54, 1.807) is 0 Å². The summed E-state index contributed by atoms with van der Waals surface area (Å²) >= 11 is 0. The molecule has 168 valence electrons. The summed E-state index contributed by atoms with van der Waals surface area (Å²) in [5, 5.41) is 2.94. The van der Waals surface area contributed by atoms with Gasteiger partial charge in [0.15, 0.2) is 5.78 Å². The Morgan fingerprint density at radius 1 is 0.968 bits per heavy atom. The van der Waals surface area contributed by atoms with Crippen LogP contribution in [0.5, 0.6) is 0 Å². The van der Waals surface area contributed by atoms with Gasteiger partial charge in [0.1, 0.15) is 0 Å². The Labute approximate surface area is 186 Å². The number of benzene rings is 1. The molecule has 1 N–H and O–H groups in total. The second kappa shape index (κ2) is 10.7. The first kappa shape index (κ1) is 23.2. The van der Waals surface area contributed by atoms with Crippen LogP contribution in [0.1, 0.15) is 41.2 Å². The number of aromatic nitrogens is 1. The van der Waals surface area contributed by atoms with E-state index in [0.29, 0.717) is 13.1 Å². The van der Waals surface area contributed by atoms with E-state index in [1.165, 1.54) is 5.56 Å². The lowest BCUT2D eigenvalue weighted by Gasteiger charge is -2.34. The van der Waals surface area contributed by atoms with Crippen molar-refractivity contribution in [3.05, 3.63) is 58.9 Å². The predicted molar refractivity (Wildman–Crippen MR) is 125 cm³/mol. The Bertz CT molecular complexity index is 880. The second-order valence-corrected chi connectivity index (χ2v) is 8.87. The number of hydrogen-bond donors (Lipinski definition) is 1. The third-order valence-corrected chi connectivity index (χ3v) is 5.99. The summed E-state index contributed by atoms with van der Waals surface area (Å²) in [6.45, 7) is 13.1. The number of carbonyl (C=O) groups excluding carboxylic acids is 2. The molecule has 1 saturated heterocycles. The number of carbonyl (C=O) groups is 2. The van der Waals surface area contributed by atoms with Crippen LogP contribution in [0, 0.1) is 13.8 Å². The fraction of sp³-hybridized carbons (Fsp3) is 0.520. The molecule has 1 aromatic heterocycles. The quantitative estimate of drug-likeness (QED) is 0.629. The Morgan fingerprint density at radius 2 is 1.58 bits per heavy atom.